The van der Waals surface area contributed by atoms with Gasteiger partial charge in [-0.1, -0.05) is 24.3 Å². The van der Waals surface area contributed by atoms with Crippen LogP contribution >= 0.6 is 11.3 Å². The zero-order chi connectivity index (χ0) is 26.6. The van der Waals surface area contributed by atoms with Gasteiger partial charge in [0.2, 0.25) is 5.91 Å². The van der Waals surface area contributed by atoms with Crippen LogP contribution in [0.15, 0.2) is 48.5 Å². The monoisotopic (exact) mass is 551 g/mol. The molecule has 0 bridgehead atoms. The van der Waals surface area contributed by atoms with Gasteiger partial charge in [-0.05, 0) is 48.9 Å². The Labute approximate surface area is 225 Å². The fourth-order valence-electron chi connectivity index (χ4n) is 6.00. The van der Waals surface area contributed by atoms with Crippen LogP contribution in [0.25, 0.3) is 10.1 Å². The molecule has 10 heteroatoms. The minimum Gasteiger partial charge on any atom is -0.370 e. The Hall–Kier alpha value is -3.24. The lowest BCUT2D eigenvalue weighted by atomic mass is 9.95. The van der Waals surface area contributed by atoms with Gasteiger partial charge in [-0.3, -0.25) is 19.3 Å². The molecule has 0 saturated carbocycles. The summed E-state index contributed by atoms with van der Waals surface area (Å²) in [6.07, 6.45) is 1.83. The molecule has 198 valence electrons. The zero-order valence-electron chi connectivity index (χ0n) is 21.1. The Morgan fingerprint density at radius 3 is 2.66 bits per heavy atom. The Bertz CT molecular complexity index is 1530. The summed E-state index contributed by atoms with van der Waals surface area (Å²) in [5, 5.41) is 1.18. The molecule has 8 nitrogen and oxygen atoms in total. The number of fused-ring (bicyclic) bond motifs is 2. The normalized spacial score (nSPS) is 22.8. The first-order chi connectivity index (χ1) is 18.2. The zero-order valence-corrected chi connectivity index (χ0v) is 22.8. The number of rotatable bonds is 5. The molecule has 0 aliphatic carbocycles. The van der Waals surface area contributed by atoms with Gasteiger partial charge in [0.25, 0.3) is 11.8 Å². The van der Waals surface area contributed by atoms with Crippen molar-refractivity contribution in [2.24, 2.45) is 5.92 Å². The summed E-state index contributed by atoms with van der Waals surface area (Å²) in [4.78, 5) is 46.2. The van der Waals surface area contributed by atoms with Gasteiger partial charge < -0.3 is 9.80 Å². The summed E-state index contributed by atoms with van der Waals surface area (Å²) < 4.78 is 25.2. The van der Waals surface area contributed by atoms with Gasteiger partial charge in [0.1, 0.15) is 0 Å². The van der Waals surface area contributed by atoms with Crippen LogP contribution in [-0.2, 0) is 21.2 Å². The molecule has 38 heavy (non-hydrogen) atoms. The van der Waals surface area contributed by atoms with E-state index in [0.29, 0.717) is 36.4 Å². The smallest absolute Gasteiger partial charge is 0.263 e. The molecule has 3 aliphatic rings. The van der Waals surface area contributed by atoms with E-state index in [4.69, 9.17) is 0 Å². The molecule has 4 heterocycles. The second-order valence-corrected chi connectivity index (χ2v) is 13.9. The summed E-state index contributed by atoms with van der Waals surface area (Å²) >= 11 is 1.70. The van der Waals surface area contributed by atoms with Crippen LogP contribution in [-0.4, -0.2) is 73.6 Å². The van der Waals surface area contributed by atoms with Crippen LogP contribution in [0, 0.1) is 5.92 Å². The Kier molecular flexibility index (Phi) is 6.26. The van der Waals surface area contributed by atoms with Crippen molar-refractivity contribution in [2.45, 2.75) is 31.8 Å². The van der Waals surface area contributed by atoms with Crippen LogP contribution in [0.5, 0.6) is 0 Å². The fraction of sp³-hybridized carbons (Fsp3) is 0.393. The molecule has 3 aliphatic heterocycles. The number of piperidine rings is 1. The molecular weight excluding hydrogens is 522 g/mol. The van der Waals surface area contributed by atoms with E-state index in [1.54, 1.807) is 28.4 Å². The molecular formula is C28H29N3O5S2. The number of sulfone groups is 1. The molecule has 0 N–H and O–H groups in total. The quantitative estimate of drug-likeness (QED) is 0.450. The maximum Gasteiger partial charge on any atom is 0.263 e. The lowest BCUT2D eigenvalue weighted by molar-refractivity contribution is -0.135. The van der Waals surface area contributed by atoms with Crippen LogP contribution < -0.4 is 4.90 Å². The molecule has 2 unspecified atom stereocenters. The lowest BCUT2D eigenvalue weighted by Gasteiger charge is -2.36. The van der Waals surface area contributed by atoms with E-state index in [2.05, 4.69) is 18.2 Å². The molecule has 2 saturated heterocycles. The SMILES string of the molecule is CN(Cc1cc2ccccc2s1)C(=O)C1CCCN(c2cccc3c2C(=O)N(C2CCS(=O)(=O)C2)C3=O)C1. The van der Waals surface area contributed by atoms with Crippen molar-refractivity contribution < 1.29 is 22.8 Å². The third kappa shape index (κ3) is 4.39. The van der Waals surface area contributed by atoms with Gasteiger partial charge in [-0.15, -0.1) is 11.3 Å². The Balaban J connectivity index is 1.19. The summed E-state index contributed by atoms with van der Waals surface area (Å²) in [5.41, 5.74) is 1.29. The summed E-state index contributed by atoms with van der Waals surface area (Å²) in [7, 11) is -1.42. The van der Waals surface area contributed by atoms with E-state index in [-0.39, 0.29) is 29.8 Å². The number of benzene rings is 2. The number of nitrogens with zero attached hydrogens (tertiary/aromatic N) is 3. The first kappa shape index (κ1) is 25.1. The van der Waals surface area contributed by atoms with E-state index in [0.717, 1.165) is 22.6 Å². The minimum atomic E-state index is -3.25. The van der Waals surface area contributed by atoms with E-state index >= 15 is 0 Å². The minimum absolute atomic E-state index is 0.0111. The van der Waals surface area contributed by atoms with Crippen molar-refractivity contribution in [3.8, 4) is 0 Å². The highest BCUT2D eigenvalue weighted by molar-refractivity contribution is 7.91. The molecule has 1 aromatic heterocycles. The predicted octanol–water partition coefficient (Wildman–Crippen LogP) is 3.56. The molecule has 3 aromatic rings. The highest BCUT2D eigenvalue weighted by atomic mass is 32.2. The molecule has 0 spiro atoms. The fourth-order valence-corrected chi connectivity index (χ4v) is 8.81. The van der Waals surface area contributed by atoms with Gasteiger partial charge in [-0.25, -0.2) is 8.42 Å². The molecule has 6 rings (SSSR count). The van der Waals surface area contributed by atoms with Crippen molar-refractivity contribution in [1.29, 1.82) is 0 Å². The third-order valence-corrected chi connectivity index (χ3v) is 10.7. The standard InChI is InChI=1S/C28H29N3O5S2/c1-29(16-21-14-18-6-2-3-10-24(18)37-21)26(32)19-7-5-12-30(15-19)23-9-4-8-22-25(23)28(34)31(27(22)33)20-11-13-38(35,36)17-20/h2-4,6,8-10,14,19-20H,5,7,11-13,15-17H2,1H3. The van der Waals surface area contributed by atoms with E-state index in [9.17, 15) is 22.8 Å². The van der Waals surface area contributed by atoms with Crippen LogP contribution in [0.1, 0.15) is 44.9 Å². The predicted molar refractivity (Wildman–Crippen MR) is 147 cm³/mol. The number of hydrogen-bond donors (Lipinski definition) is 0. The van der Waals surface area contributed by atoms with Gasteiger partial charge in [0.05, 0.1) is 46.8 Å². The molecule has 2 atom stereocenters. The number of amides is 3. The van der Waals surface area contributed by atoms with Crippen molar-refractivity contribution in [3.63, 3.8) is 0 Å². The maximum absolute atomic E-state index is 13.5. The van der Waals surface area contributed by atoms with Crippen molar-refractivity contribution in [1.82, 2.24) is 9.80 Å². The maximum atomic E-state index is 13.5. The number of thiophene rings is 1. The van der Waals surface area contributed by atoms with Crippen LogP contribution in [0.2, 0.25) is 0 Å². The largest absolute Gasteiger partial charge is 0.370 e. The van der Waals surface area contributed by atoms with Gasteiger partial charge >= 0.3 is 0 Å². The first-order valence-corrected chi connectivity index (χ1v) is 15.5. The molecule has 2 fully saturated rings. The highest BCUT2D eigenvalue weighted by Crippen LogP contribution is 2.37. The third-order valence-electron chi connectivity index (χ3n) is 7.85. The summed E-state index contributed by atoms with van der Waals surface area (Å²) in [6.45, 7) is 1.69. The topological polar surface area (TPSA) is 95.1 Å². The molecule has 0 radical (unpaired) electrons. The van der Waals surface area contributed by atoms with Crippen LogP contribution in [0.3, 0.4) is 0 Å². The number of carbonyl (C=O) groups excluding carboxylic acids is 3. The molecule has 3 amide bonds. The second-order valence-electron chi connectivity index (χ2n) is 10.5. The van der Waals surface area contributed by atoms with E-state index in [1.807, 2.05) is 30.1 Å². The van der Waals surface area contributed by atoms with Crippen LogP contribution in [0.4, 0.5) is 5.69 Å². The summed E-state index contributed by atoms with van der Waals surface area (Å²) in [5.74, 6) is -1.20. The second kappa shape index (κ2) is 9.50. The number of carbonyl (C=O) groups is 3. The van der Waals surface area contributed by atoms with Crippen molar-refractivity contribution >= 4 is 54.7 Å². The van der Waals surface area contributed by atoms with Crippen molar-refractivity contribution in [2.75, 3.05) is 36.5 Å². The average Bonchev–Trinajstić information content (AvgIpc) is 3.56. The number of anilines is 1. The first-order valence-electron chi connectivity index (χ1n) is 12.9. The van der Waals surface area contributed by atoms with E-state index in [1.165, 1.54) is 10.1 Å². The lowest BCUT2D eigenvalue weighted by Crippen LogP contribution is -2.44. The Morgan fingerprint density at radius 1 is 1.08 bits per heavy atom. The number of imide groups is 1. The molecule has 2 aromatic carbocycles. The van der Waals surface area contributed by atoms with Gasteiger partial charge in [-0.2, -0.15) is 0 Å². The Morgan fingerprint density at radius 2 is 1.89 bits per heavy atom. The number of hydrogen-bond acceptors (Lipinski definition) is 7. The van der Waals surface area contributed by atoms with E-state index < -0.39 is 27.7 Å². The van der Waals surface area contributed by atoms with Crippen molar-refractivity contribution in [3.05, 3.63) is 64.5 Å². The van der Waals surface area contributed by atoms with Gasteiger partial charge in [0.15, 0.2) is 9.84 Å². The van der Waals surface area contributed by atoms with Gasteiger partial charge in [0, 0.05) is 29.7 Å². The average molecular weight is 552 g/mol. The summed E-state index contributed by atoms with van der Waals surface area (Å²) in [6, 6.07) is 14.9. The highest BCUT2D eigenvalue weighted by Gasteiger charge is 2.46.